The van der Waals surface area contributed by atoms with E-state index in [2.05, 4.69) is 20.3 Å². The van der Waals surface area contributed by atoms with Crippen LogP contribution in [0.5, 0.6) is 5.75 Å². The topological polar surface area (TPSA) is 113 Å². The van der Waals surface area contributed by atoms with Crippen LogP contribution in [0, 0.1) is 5.41 Å². The van der Waals surface area contributed by atoms with Crippen molar-refractivity contribution in [2.24, 2.45) is 0 Å². The first-order chi connectivity index (χ1) is 12.2. The van der Waals surface area contributed by atoms with E-state index in [0.29, 0.717) is 42.7 Å². The highest BCUT2D eigenvalue weighted by molar-refractivity contribution is 5.83. The van der Waals surface area contributed by atoms with Crippen molar-refractivity contribution in [2.45, 2.75) is 25.3 Å². The maximum absolute atomic E-state index is 12.3. The number of nitrogens with zero attached hydrogens (tertiary/aromatic N) is 2. The van der Waals surface area contributed by atoms with Crippen molar-refractivity contribution >= 4 is 12.0 Å². The molecule has 1 aliphatic rings. The van der Waals surface area contributed by atoms with Crippen LogP contribution in [-0.2, 0) is 11.2 Å². The van der Waals surface area contributed by atoms with Gasteiger partial charge in [0.1, 0.15) is 17.4 Å². The minimum Gasteiger partial charge on any atom is -0.495 e. The summed E-state index contributed by atoms with van der Waals surface area (Å²) in [5.74, 6) is 1.54. The molecule has 25 heavy (non-hydrogen) atoms. The van der Waals surface area contributed by atoms with Crippen LogP contribution in [0.3, 0.4) is 0 Å². The number of aromatic nitrogens is 3. The molecule has 2 aromatic heterocycles. The molecule has 0 saturated carbocycles. The fourth-order valence-corrected chi connectivity index (χ4v) is 2.79. The molecule has 3 N–H and O–H groups in total. The monoisotopic (exact) mass is 343 g/mol. The molecule has 0 atom stereocenters. The third-order valence-electron chi connectivity index (χ3n) is 4.11. The molecular weight excluding hydrogens is 322 g/mol. The molecule has 1 fully saturated rings. The zero-order chi connectivity index (χ0) is 17.6. The number of H-pyrrole nitrogens is 1. The molecule has 0 amide bonds. The number of aromatic amines is 1. The van der Waals surface area contributed by atoms with Gasteiger partial charge in [-0.25, -0.2) is 4.98 Å². The number of nitrogens with one attached hydrogen (secondary N) is 3. The number of ether oxygens (including phenoxy) is 2. The van der Waals surface area contributed by atoms with Crippen molar-refractivity contribution in [1.82, 2.24) is 15.0 Å². The van der Waals surface area contributed by atoms with Gasteiger partial charge in [-0.2, -0.15) is 0 Å². The second-order valence-corrected chi connectivity index (χ2v) is 5.78. The smallest absolute Gasteiger partial charge is 0.261 e. The van der Waals surface area contributed by atoms with E-state index in [1.54, 1.807) is 19.4 Å². The van der Waals surface area contributed by atoms with Gasteiger partial charge in [0, 0.05) is 31.7 Å². The van der Waals surface area contributed by atoms with Gasteiger partial charge < -0.3 is 25.2 Å². The summed E-state index contributed by atoms with van der Waals surface area (Å²) in [5, 5.41) is 10.8. The van der Waals surface area contributed by atoms with Gasteiger partial charge in [0.15, 0.2) is 0 Å². The van der Waals surface area contributed by atoms with E-state index in [0.717, 1.165) is 19.1 Å². The number of pyridine rings is 1. The average Bonchev–Trinajstić information content (AvgIpc) is 2.63. The summed E-state index contributed by atoms with van der Waals surface area (Å²) in [6.07, 6.45) is 4.71. The predicted molar refractivity (Wildman–Crippen MR) is 93.8 cm³/mol. The van der Waals surface area contributed by atoms with Gasteiger partial charge in [0.2, 0.25) is 0 Å². The van der Waals surface area contributed by atoms with Crippen LogP contribution in [0.2, 0.25) is 0 Å². The Hall–Kier alpha value is -2.74. The SMILES string of the molecule is COc1cccnc1Cc1nc(NC2CCOCC2)c(C=N)c(=O)[nH]1. The summed E-state index contributed by atoms with van der Waals surface area (Å²) in [4.78, 5) is 23.8. The Balaban J connectivity index is 1.89. The lowest BCUT2D eigenvalue weighted by Gasteiger charge is -2.24. The molecule has 1 aliphatic heterocycles. The Kier molecular flexibility index (Phi) is 5.39. The highest BCUT2D eigenvalue weighted by Crippen LogP contribution is 2.19. The zero-order valence-corrected chi connectivity index (χ0v) is 14.0. The molecule has 3 rings (SSSR count). The summed E-state index contributed by atoms with van der Waals surface area (Å²) in [5.41, 5.74) is 0.570. The fourth-order valence-electron chi connectivity index (χ4n) is 2.79. The van der Waals surface area contributed by atoms with Gasteiger partial charge in [0.05, 0.1) is 24.8 Å². The van der Waals surface area contributed by atoms with Gasteiger partial charge in [-0.3, -0.25) is 9.78 Å². The Bertz CT molecular complexity index is 799. The quantitative estimate of drug-likeness (QED) is 0.683. The van der Waals surface area contributed by atoms with Crippen molar-refractivity contribution < 1.29 is 9.47 Å². The molecule has 0 aliphatic carbocycles. The van der Waals surface area contributed by atoms with Crippen LogP contribution in [0.4, 0.5) is 5.82 Å². The summed E-state index contributed by atoms with van der Waals surface area (Å²) < 4.78 is 10.6. The summed E-state index contributed by atoms with van der Waals surface area (Å²) in [6, 6.07) is 3.78. The molecule has 3 heterocycles. The largest absolute Gasteiger partial charge is 0.495 e. The fraction of sp³-hybridized carbons (Fsp3) is 0.412. The van der Waals surface area contributed by atoms with Crippen LogP contribution < -0.4 is 15.6 Å². The van der Waals surface area contributed by atoms with Crippen molar-refractivity contribution in [2.75, 3.05) is 25.6 Å². The maximum Gasteiger partial charge on any atom is 0.261 e. The molecular formula is C17H21N5O3. The van der Waals surface area contributed by atoms with Crippen LogP contribution in [0.15, 0.2) is 23.1 Å². The van der Waals surface area contributed by atoms with Crippen LogP contribution in [-0.4, -0.2) is 47.5 Å². The molecule has 8 heteroatoms. The number of rotatable bonds is 6. The lowest BCUT2D eigenvalue weighted by molar-refractivity contribution is 0.0904. The van der Waals surface area contributed by atoms with Gasteiger partial charge in [-0.15, -0.1) is 0 Å². The highest BCUT2D eigenvalue weighted by Gasteiger charge is 2.18. The standard InChI is InChI=1S/C17H21N5O3/c1-24-14-3-2-6-19-13(14)9-15-21-16(12(10-18)17(23)22-15)20-11-4-7-25-8-5-11/h2-3,6,10-11,18H,4-5,7-9H2,1H3,(H2,20,21,22,23). The Morgan fingerprint density at radius 3 is 3.00 bits per heavy atom. The summed E-state index contributed by atoms with van der Waals surface area (Å²) in [6.45, 7) is 1.36. The Labute approximate surface area is 145 Å². The number of hydrogen-bond donors (Lipinski definition) is 3. The third kappa shape index (κ3) is 4.03. The summed E-state index contributed by atoms with van der Waals surface area (Å²) >= 11 is 0. The molecule has 0 aromatic carbocycles. The molecule has 132 valence electrons. The van der Waals surface area contributed by atoms with Gasteiger partial charge in [0.25, 0.3) is 5.56 Å². The number of methoxy groups -OCH3 is 1. The van der Waals surface area contributed by atoms with E-state index in [1.165, 1.54) is 0 Å². The van der Waals surface area contributed by atoms with Gasteiger partial charge in [-0.1, -0.05) is 0 Å². The van der Waals surface area contributed by atoms with Crippen LogP contribution >= 0.6 is 0 Å². The maximum atomic E-state index is 12.3. The van der Waals surface area contributed by atoms with E-state index in [1.807, 2.05) is 6.07 Å². The molecule has 8 nitrogen and oxygen atoms in total. The molecule has 0 unspecified atom stereocenters. The van der Waals surface area contributed by atoms with Gasteiger partial charge in [-0.05, 0) is 25.0 Å². The van der Waals surface area contributed by atoms with E-state index >= 15 is 0 Å². The first-order valence-corrected chi connectivity index (χ1v) is 8.17. The Morgan fingerprint density at radius 2 is 2.28 bits per heavy atom. The second kappa shape index (κ2) is 7.89. The number of hydrogen-bond acceptors (Lipinski definition) is 7. The second-order valence-electron chi connectivity index (χ2n) is 5.78. The molecule has 0 radical (unpaired) electrons. The molecule has 0 spiro atoms. The third-order valence-corrected chi connectivity index (χ3v) is 4.11. The number of anilines is 1. The minimum atomic E-state index is -0.343. The first-order valence-electron chi connectivity index (χ1n) is 8.17. The minimum absolute atomic E-state index is 0.180. The van der Waals surface area contributed by atoms with E-state index in [4.69, 9.17) is 14.9 Å². The van der Waals surface area contributed by atoms with E-state index in [-0.39, 0.29) is 17.2 Å². The lowest BCUT2D eigenvalue weighted by atomic mass is 10.1. The average molecular weight is 343 g/mol. The predicted octanol–water partition coefficient (Wildman–Crippen LogP) is 1.35. The van der Waals surface area contributed by atoms with Crippen molar-refractivity contribution in [3.8, 4) is 5.75 Å². The zero-order valence-electron chi connectivity index (χ0n) is 14.0. The highest BCUT2D eigenvalue weighted by atomic mass is 16.5. The van der Waals surface area contributed by atoms with Crippen molar-refractivity contribution in [1.29, 1.82) is 5.41 Å². The van der Waals surface area contributed by atoms with E-state index in [9.17, 15) is 4.79 Å². The molecule has 2 aromatic rings. The molecule has 1 saturated heterocycles. The van der Waals surface area contributed by atoms with Crippen molar-refractivity contribution in [3.63, 3.8) is 0 Å². The summed E-state index contributed by atoms with van der Waals surface area (Å²) in [7, 11) is 1.58. The lowest BCUT2D eigenvalue weighted by Crippen LogP contribution is -2.30. The Morgan fingerprint density at radius 1 is 1.48 bits per heavy atom. The van der Waals surface area contributed by atoms with Crippen LogP contribution in [0.25, 0.3) is 0 Å². The normalized spacial score (nSPS) is 14.9. The van der Waals surface area contributed by atoms with Crippen LogP contribution in [0.1, 0.15) is 29.9 Å². The van der Waals surface area contributed by atoms with Crippen molar-refractivity contribution in [3.05, 3.63) is 45.8 Å². The molecule has 0 bridgehead atoms. The van der Waals surface area contributed by atoms with E-state index < -0.39 is 0 Å². The first kappa shape index (κ1) is 17.1. The van der Waals surface area contributed by atoms with Gasteiger partial charge >= 0.3 is 0 Å².